The second-order valence-corrected chi connectivity index (χ2v) is 10.7. The highest BCUT2D eigenvalue weighted by Gasteiger charge is 2.29. The second-order valence-electron chi connectivity index (χ2n) is 8.91. The quantitative estimate of drug-likeness (QED) is 0.189. The minimum absolute atomic E-state index is 0.0146. The average molecular weight is 698 g/mol. The predicted molar refractivity (Wildman–Crippen MR) is 174 cm³/mol. The summed E-state index contributed by atoms with van der Waals surface area (Å²) in [6, 6.07) is 12.8. The van der Waals surface area contributed by atoms with Crippen molar-refractivity contribution in [2.45, 2.75) is 76.7 Å². The van der Waals surface area contributed by atoms with Crippen LogP contribution in [0.3, 0.4) is 0 Å². The molecule has 0 radical (unpaired) electrons. The number of halogens is 2. The zero-order valence-corrected chi connectivity index (χ0v) is 28.5. The lowest BCUT2D eigenvalue weighted by molar-refractivity contribution is -0.141. The molecule has 250 valence electrons. The van der Waals surface area contributed by atoms with Crippen LogP contribution in [-0.4, -0.2) is 67.4 Å². The topological polar surface area (TPSA) is 182 Å². The lowest BCUT2D eigenvalue weighted by Crippen LogP contribution is -2.44. The van der Waals surface area contributed by atoms with Gasteiger partial charge < -0.3 is 20.5 Å². The summed E-state index contributed by atoms with van der Waals surface area (Å²) in [5.41, 5.74) is 0.766. The Labute approximate surface area is 281 Å². The second kappa shape index (κ2) is 21.7. The Balaban J connectivity index is 0.00000254. The smallest absolute Gasteiger partial charge is 0.407 e. The first-order valence-electron chi connectivity index (χ1n) is 14.4. The summed E-state index contributed by atoms with van der Waals surface area (Å²) in [4.78, 5) is 61.9. The number of ketones is 2. The molecule has 2 atom stereocenters. The molecule has 0 aliphatic carbocycles. The van der Waals surface area contributed by atoms with E-state index in [0.717, 1.165) is 22.0 Å². The van der Waals surface area contributed by atoms with Crippen LogP contribution in [0, 0.1) is 5.92 Å². The summed E-state index contributed by atoms with van der Waals surface area (Å²) in [7, 11) is 0. The van der Waals surface area contributed by atoms with Gasteiger partial charge in [0.25, 0.3) is 0 Å². The van der Waals surface area contributed by atoms with Gasteiger partial charge in [-0.25, -0.2) is 9.48 Å². The van der Waals surface area contributed by atoms with Crippen LogP contribution in [-0.2, 0) is 37.1 Å². The molecule has 0 spiro atoms. The Morgan fingerprint density at radius 1 is 0.935 bits per heavy atom. The van der Waals surface area contributed by atoms with Crippen molar-refractivity contribution < 1.29 is 33.8 Å². The number of benzene rings is 2. The van der Waals surface area contributed by atoms with Crippen LogP contribution in [0.25, 0.3) is 0 Å². The highest BCUT2D eigenvalue weighted by molar-refractivity contribution is 7.99. The van der Waals surface area contributed by atoms with Crippen molar-refractivity contribution in [3.63, 3.8) is 0 Å². The largest absolute Gasteiger partial charge is 0.481 e. The highest BCUT2D eigenvalue weighted by Crippen LogP contribution is 2.37. The molecule has 16 heteroatoms. The number of carboxylic acids is 1. The third-order valence-corrected chi connectivity index (χ3v) is 7.68. The van der Waals surface area contributed by atoms with Crippen LogP contribution in [0.1, 0.15) is 53.0 Å². The molecule has 0 aliphatic heterocycles. The fraction of sp³-hybridized carbons (Fsp3) is 0.400. The Morgan fingerprint density at radius 3 is 2.17 bits per heavy atom. The first-order valence-corrected chi connectivity index (χ1v) is 16.0. The van der Waals surface area contributed by atoms with Crippen LogP contribution in [0.2, 0.25) is 10.0 Å². The van der Waals surface area contributed by atoms with Crippen molar-refractivity contribution in [2.75, 3.05) is 6.54 Å². The van der Waals surface area contributed by atoms with Gasteiger partial charge >= 0.3 is 12.1 Å². The number of hydrogen-bond donors (Lipinski definition) is 3. The van der Waals surface area contributed by atoms with Gasteiger partial charge in [0.1, 0.15) is 19.7 Å². The minimum Gasteiger partial charge on any atom is -0.481 e. The zero-order chi connectivity index (χ0) is 34.6. The van der Waals surface area contributed by atoms with E-state index in [2.05, 4.69) is 26.2 Å². The Kier molecular flexibility index (Phi) is 18.9. The van der Waals surface area contributed by atoms with E-state index in [1.54, 1.807) is 42.5 Å². The molecule has 3 N–H and O–H groups in total. The number of carbonyl (C=O) groups is 5. The number of nitrogens with one attached hydrogen (secondary N) is 2. The molecule has 2 unspecified atom stereocenters. The molecule has 0 aliphatic rings. The number of ether oxygens (including phenoxy) is 1. The fourth-order valence-corrected chi connectivity index (χ4v) is 4.97. The number of Topliss-reactive ketones (excluding diaryl/α,β-unsaturated/α-hetero) is 2. The van der Waals surface area contributed by atoms with Gasteiger partial charge in [0.05, 0.1) is 27.4 Å². The van der Waals surface area contributed by atoms with Gasteiger partial charge in [-0.2, -0.15) is 0 Å². The molecule has 2 amide bonds. The van der Waals surface area contributed by atoms with E-state index in [4.69, 9.17) is 27.9 Å². The van der Waals surface area contributed by atoms with Gasteiger partial charge in [0, 0.05) is 12.3 Å². The highest BCUT2D eigenvalue weighted by atomic mass is 35.5. The van der Waals surface area contributed by atoms with Gasteiger partial charge in [-0.15, -0.1) is 5.10 Å². The van der Waals surface area contributed by atoms with Crippen molar-refractivity contribution >= 4 is 64.5 Å². The van der Waals surface area contributed by atoms with Crippen molar-refractivity contribution in [2.24, 2.45) is 5.92 Å². The zero-order valence-electron chi connectivity index (χ0n) is 26.2. The van der Waals surface area contributed by atoms with Crippen molar-refractivity contribution in [3.05, 3.63) is 64.1 Å². The summed E-state index contributed by atoms with van der Waals surface area (Å²) < 4.78 is 6.17. The number of alkyl carbamates (subject to hydrolysis) is 1. The number of carbonyl (C=O) groups excluding carboxylic acids is 4. The lowest BCUT2D eigenvalue weighted by Gasteiger charge is -2.18. The van der Waals surface area contributed by atoms with Crippen LogP contribution >= 0.6 is 35.0 Å². The molecule has 2 aromatic carbocycles. The van der Waals surface area contributed by atoms with Gasteiger partial charge in [-0.3, -0.25) is 19.2 Å². The molecular weight excluding hydrogens is 659 g/mol. The SMILES string of the molecule is CC.CC.CC(NC(=O)CNC(=O)OCc1ccccc1)C(=O)CC(CC(=O)O)C(=O)Cn1nnnc1Sc1c(Cl)cccc1Cl. The number of hydrogen-bond acceptors (Lipinski definition) is 10. The molecule has 3 aromatic rings. The number of nitrogens with zero attached hydrogens (tertiary/aromatic N) is 4. The molecule has 1 aromatic heterocycles. The number of carboxylic acid groups (broad SMARTS) is 1. The molecule has 0 saturated heterocycles. The van der Waals surface area contributed by atoms with Crippen LogP contribution in [0.4, 0.5) is 4.79 Å². The van der Waals surface area contributed by atoms with Gasteiger partial charge in [-0.05, 0) is 46.8 Å². The van der Waals surface area contributed by atoms with E-state index in [9.17, 15) is 29.1 Å². The van der Waals surface area contributed by atoms with Gasteiger partial charge in [0.15, 0.2) is 11.6 Å². The Bertz CT molecular complexity index is 1420. The minimum atomic E-state index is -1.29. The van der Waals surface area contributed by atoms with Crippen LogP contribution in [0.5, 0.6) is 0 Å². The number of aliphatic carboxylic acids is 1. The first kappa shape index (κ1) is 40.0. The van der Waals surface area contributed by atoms with Crippen molar-refractivity contribution in [1.82, 2.24) is 30.8 Å². The van der Waals surface area contributed by atoms with E-state index in [1.165, 1.54) is 6.92 Å². The third kappa shape index (κ3) is 14.0. The van der Waals surface area contributed by atoms with E-state index >= 15 is 0 Å². The molecule has 0 fully saturated rings. The molecule has 0 saturated carbocycles. The molecule has 3 rings (SSSR count). The van der Waals surface area contributed by atoms with E-state index < -0.39 is 67.4 Å². The Hall–Kier alpha value is -4.01. The van der Waals surface area contributed by atoms with Gasteiger partial charge in [-0.1, -0.05) is 87.3 Å². The monoisotopic (exact) mass is 696 g/mol. The maximum Gasteiger partial charge on any atom is 0.407 e. The standard InChI is InChI=1S/C26H26Cl2N6O7S.2C2H6/c1-15(30-22(37)12-29-26(40)41-14-16-6-3-2-4-7-16)20(35)10-17(11-23(38)39)21(36)13-34-25(31-32-33-34)42-24-18(27)8-5-9-19(24)28;2*1-2/h2-9,15,17H,10-14H2,1H3,(H,29,40)(H,30,37)(H,38,39);2*1-2H3. The maximum atomic E-state index is 13.1. The van der Waals surface area contributed by atoms with E-state index in [0.29, 0.717) is 14.9 Å². The summed E-state index contributed by atoms with van der Waals surface area (Å²) >= 11 is 13.4. The molecule has 1 heterocycles. The molecule has 46 heavy (non-hydrogen) atoms. The number of aromatic nitrogens is 4. The van der Waals surface area contributed by atoms with Crippen molar-refractivity contribution in [3.8, 4) is 0 Å². The molecule has 0 bridgehead atoms. The number of amides is 2. The number of tetrazole rings is 1. The van der Waals surface area contributed by atoms with Crippen LogP contribution < -0.4 is 10.6 Å². The first-order chi connectivity index (χ1) is 22.0. The molecule has 13 nitrogen and oxygen atoms in total. The predicted octanol–water partition coefficient (Wildman–Crippen LogP) is 5.23. The van der Waals surface area contributed by atoms with E-state index in [1.807, 2.05) is 33.8 Å². The summed E-state index contributed by atoms with van der Waals surface area (Å²) in [6.07, 6.45) is -1.90. The Morgan fingerprint density at radius 2 is 1.57 bits per heavy atom. The fourth-order valence-electron chi connectivity index (χ4n) is 3.55. The normalized spacial score (nSPS) is 11.4. The number of rotatable bonds is 15. The maximum absolute atomic E-state index is 13.1. The van der Waals surface area contributed by atoms with Crippen molar-refractivity contribution in [1.29, 1.82) is 0 Å². The third-order valence-electron chi connectivity index (χ3n) is 5.71. The van der Waals surface area contributed by atoms with Gasteiger partial charge in [0.2, 0.25) is 11.1 Å². The molecular formula is C30H38Cl2N6O7S. The summed E-state index contributed by atoms with van der Waals surface area (Å²) in [5.74, 6) is -4.37. The lowest BCUT2D eigenvalue weighted by atomic mass is 9.92. The van der Waals surface area contributed by atoms with Crippen LogP contribution in [0.15, 0.2) is 58.6 Å². The van der Waals surface area contributed by atoms with E-state index in [-0.39, 0.29) is 11.8 Å². The average Bonchev–Trinajstić information content (AvgIpc) is 3.48. The summed E-state index contributed by atoms with van der Waals surface area (Å²) in [5, 5.41) is 26.1. The summed E-state index contributed by atoms with van der Waals surface area (Å²) in [6.45, 7) is 8.52.